The Labute approximate surface area is 147 Å². The molecular formula is C20H21N3O2. The topological polar surface area (TPSA) is 67.9 Å². The van der Waals surface area contributed by atoms with E-state index >= 15 is 0 Å². The molecule has 0 amide bonds. The van der Waals surface area contributed by atoms with E-state index in [0.717, 1.165) is 61.9 Å². The van der Waals surface area contributed by atoms with Gasteiger partial charge in [-0.3, -0.25) is 0 Å². The van der Waals surface area contributed by atoms with Crippen molar-refractivity contribution in [1.29, 1.82) is 5.26 Å². The summed E-state index contributed by atoms with van der Waals surface area (Å²) in [5.41, 5.74) is 3.45. The molecule has 5 heteroatoms. The molecule has 1 heterocycles. The van der Waals surface area contributed by atoms with Gasteiger partial charge in [-0.1, -0.05) is 24.6 Å². The maximum absolute atomic E-state index is 12.7. The van der Waals surface area contributed by atoms with Gasteiger partial charge in [-0.25, -0.2) is 9.48 Å². The molecule has 5 nitrogen and oxygen atoms in total. The maximum atomic E-state index is 12.7. The number of nitriles is 1. The van der Waals surface area contributed by atoms with Gasteiger partial charge < -0.3 is 4.74 Å². The smallest absolute Gasteiger partial charge is 0.360 e. The van der Waals surface area contributed by atoms with Crippen molar-refractivity contribution in [3.63, 3.8) is 0 Å². The number of para-hydroxylation sites is 1. The van der Waals surface area contributed by atoms with E-state index in [-0.39, 0.29) is 5.92 Å². The second-order valence-corrected chi connectivity index (χ2v) is 6.87. The molecule has 2 aliphatic carbocycles. The lowest BCUT2D eigenvalue weighted by Crippen LogP contribution is -2.20. The fraction of sp³-hybridized carbons (Fsp3) is 0.450. The molecule has 1 aromatic heterocycles. The molecule has 1 unspecified atom stereocenters. The first-order valence-corrected chi connectivity index (χ1v) is 9.04. The third-order valence-electron chi connectivity index (χ3n) is 5.04. The van der Waals surface area contributed by atoms with Crippen LogP contribution in [-0.4, -0.2) is 21.9 Å². The summed E-state index contributed by atoms with van der Waals surface area (Å²) in [5.74, 6) is -0.255. The zero-order chi connectivity index (χ0) is 17.2. The summed E-state index contributed by atoms with van der Waals surface area (Å²) in [6, 6.07) is 12.0. The van der Waals surface area contributed by atoms with Gasteiger partial charge in [-0.2, -0.15) is 10.4 Å². The summed E-state index contributed by atoms with van der Waals surface area (Å²) in [4.78, 5) is 12.7. The van der Waals surface area contributed by atoms with Crippen molar-refractivity contribution in [1.82, 2.24) is 9.78 Å². The number of nitrogens with zero attached hydrogens (tertiary/aromatic N) is 3. The molecule has 1 fully saturated rings. The highest BCUT2D eigenvalue weighted by molar-refractivity contribution is 5.89. The van der Waals surface area contributed by atoms with Crippen LogP contribution in [0.5, 0.6) is 0 Å². The Morgan fingerprint density at radius 2 is 1.96 bits per heavy atom. The summed E-state index contributed by atoms with van der Waals surface area (Å²) in [5, 5.41) is 13.8. The van der Waals surface area contributed by atoms with Crippen LogP contribution in [0.4, 0.5) is 0 Å². The quantitative estimate of drug-likeness (QED) is 0.632. The minimum Gasteiger partial charge on any atom is -0.442 e. The van der Waals surface area contributed by atoms with Crippen LogP contribution < -0.4 is 0 Å². The zero-order valence-electron chi connectivity index (χ0n) is 14.1. The number of rotatable bonds is 4. The fourth-order valence-corrected chi connectivity index (χ4v) is 3.52. The van der Waals surface area contributed by atoms with Crippen LogP contribution in [0.25, 0.3) is 5.69 Å². The van der Waals surface area contributed by atoms with Crippen molar-refractivity contribution >= 4 is 5.97 Å². The standard InChI is InChI=1S/C20H21N3O2/c21-13-18(14-11-12-14)25-20(24)19-16-9-5-2-6-10-17(16)23(22-19)15-7-3-1-4-8-15/h1,3-4,7-8,14,18H,2,5-6,9-12H2. The molecule has 0 N–H and O–H groups in total. The minimum absolute atomic E-state index is 0.198. The first-order valence-electron chi connectivity index (χ1n) is 9.04. The number of hydrogen-bond acceptors (Lipinski definition) is 4. The van der Waals surface area contributed by atoms with E-state index in [4.69, 9.17) is 4.74 Å². The van der Waals surface area contributed by atoms with Gasteiger partial charge in [0.25, 0.3) is 0 Å². The largest absolute Gasteiger partial charge is 0.442 e. The molecule has 4 rings (SSSR count). The van der Waals surface area contributed by atoms with Crippen molar-refractivity contribution in [2.24, 2.45) is 5.92 Å². The summed E-state index contributed by atoms with van der Waals surface area (Å²) in [7, 11) is 0. The molecule has 128 valence electrons. The Hall–Kier alpha value is -2.61. The van der Waals surface area contributed by atoms with Gasteiger partial charge in [0.1, 0.15) is 6.07 Å². The average Bonchev–Trinajstić information content (AvgIpc) is 3.45. The molecule has 25 heavy (non-hydrogen) atoms. The Bertz CT molecular complexity index is 815. The van der Waals surface area contributed by atoms with Crippen molar-refractivity contribution < 1.29 is 9.53 Å². The van der Waals surface area contributed by atoms with Crippen molar-refractivity contribution in [2.45, 2.75) is 51.0 Å². The fourth-order valence-electron chi connectivity index (χ4n) is 3.52. The second kappa shape index (κ2) is 6.72. The lowest BCUT2D eigenvalue weighted by molar-refractivity contribution is 0.0361. The molecule has 1 aromatic carbocycles. The van der Waals surface area contributed by atoms with Gasteiger partial charge in [0.05, 0.1) is 5.69 Å². The molecule has 0 saturated heterocycles. The predicted molar refractivity (Wildman–Crippen MR) is 92.4 cm³/mol. The second-order valence-electron chi connectivity index (χ2n) is 6.87. The van der Waals surface area contributed by atoms with Crippen LogP contribution >= 0.6 is 0 Å². The summed E-state index contributed by atoms with van der Waals surface area (Å²) >= 11 is 0. The molecule has 0 aliphatic heterocycles. The van der Waals surface area contributed by atoms with Gasteiger partial charge in [0.2, 0.25) is 0 Å². The van der Waals surface area contributed by atoms with Crippen LogP contribution in [-0.2, 0) is 17.6 Å². The monoisotopic (exact) mass is 335 g/mol. The molecule has 2 aromatic rings. The van der Waals surface area contributed by atoms with E-state index in [1.165, 1.54) is 0 Å². The highest BCUT2D eigenvalue weighted by Gasteiger charge is 2.36. The molecule has 0 bridgehead atoms. The maximum Gasteiger partial charge on any atom is 0.360 e. The first-order chi connectivity index (χ1) is 12.3. The van der Waals surface area contributed by atoms with Gasteiger partial charge in [-0.05, 0) is 50.7 Å². The third kappa shape index (κ3) is 3.17. The van der Waals surface area contributed by atoms with E-state index in [0.29, 0.717) is 5.69 Å². The average molecular weight is 335 g/mol. The van der Waals surface area contributed by atoms with E-state index in [1.807, 2.05) is 35.0 Å². The van der Waals surface area contributed by atoms with Crippen molar-refractivity contribution in [3.05, 3.63) is 47.3 Å². The summed E-state index contributed by atoms with van der Waals surface area (Å²) in [6.07, 6.45) is 6.34. The number of carbonyl (C=O) groups excluding carboxylic acids is 1. The van der Waals surface area contributed by atoms with Crippen LogP contribution in [0.2, 0.25) is 0 Å². The lowest BCUT2D eigenvalue weighted by Gasteiger charge is -2.09. The zero-order valence-corrected chi connectivity index (χ0v) is 14.1. The van der Waals surface area contributed by atoms with Gasteiger partial charge >= 0.3 is 5.97 Å². The number of ether oxygens (including phenoxy) is 1. The Morgan fingerprint density at radius 1 is 1.20 bits per heavy atom. The molecular weight excluding hydrogens is 314 g/mol. The van der Waals surface area contributed by atoms with Crippen LogP contribution in [0, 0.1) is 17.2 Å². The molecule has 1 atom stereocenters. The number of esters is 1. The lowest BCUT2D eigenvalue weighted by atomic mass is 10.1. The van der Waals surface area contributed by atoms with E-state index in [9.17, 15) is 10.1 Å². The number of hydrogen-bond donors (Lipinski definition) is 0. The molecule has 1 saturated carbocycles. The van der Waals surface area contributed by atoms with Crippen LogP contribution in [0.3, 0.4) is 0 Å². The number of fused-ring (bicyclic) bond motifs is 1. The number of aromatic nitrogens is 2. The third-order valence-corrected chi connectivity index (χ3v) is 5.04. The Morgan fingerprint density at radius 3 is 2.68 bits per heavy atom. The highest BCUT2D eigenvalue weighted by Crippen LogP contribution is 2.35. The number of benzene rings is 1. The van der Waals surface area contributed by atoms with Gasteiger partial charge in [0, 0.05) is 17.2 Å². The summed E-state index contributed by atoms with van der Waals surface area (Å²) in [6.45, 7) is 0. The number of carbonyl (C=O) groups is 1. The van der Waals surface area contributed by atoms with E-state index in [1.54, 1.807) is 0 Å². The molecule has 2 aliphatic rings. The van der Waals surface area contributed by atoms with Crippen molar-refractivity contribution in [2.75, 3.05) is 0 Å². The Balaban J connectivity index is 1.71. The van der Waals surface area contributed by atoms with Crippen LogP contribution in [0.15, 0.2) is 30.3 Å². The Kier molecular flexibility index (Phi) is 4.27. The molecule has 0 spiro atoms. The van der Waals surface area contributed by atoms with Gasteiger partial charge in [0.15, 0.2) is 11.8 Å². The van der Waals surface area contributed by atoms with Crippen LogP contribution in [0.1, 0.15) is 53.8 Å². The van der Waals surface area contributed by atoms with Gasteiger partial charge in [-0.15, -0.1) is 0 Å². The van der Waals surface area contributed by atoms with E-state index in [2.05, 4.69) is 11.2 Å². The SMILES string of the molecule is N#CC(OC(=O)c1nn(-c2ccccc2)c2c1CCCCC2)C1CC1. The highest BCUT2D eigenvalue weighted by atomic mass is 16.5. The summed E-state index contributed by atoms with van der Waals surface area (Å²) < 4.78 is 7.37. The molecule has 0 radical (unpaired) electrons. The van der Waals surface area contributed by atoms with E-state index < -0.39 is 12.1 Å². The van der Waals surface area contributed by atoms with Crippen molar-refractivity contribution in [3.8, 4) is 11.8 Å². The normalized spacial score (nSPS) is 17.9. The predicted octanol–water partition coefficient (Wildman–Crippen LogP) is 3.60. The minimum atomic E-state index is -0.643. The first kappa shape index (κ1) is 15.9.